The number of hydrogen-bond acceptors (Lipinski definition) is 4. The maximum atomic E-state index is 12.3. The van der Waals surface area contributed by atoms with E-state index in [9.17, 15) is 9.18 Å². The third-order valence-electron chi connectivity index (χ3n) is 1.08. The summed E-state index contributed by atoms with van der Waals surface area (Å²) in [6.07, 6.45) is 1.93. The smallest absolute Gasteiger partial charge is 0.384 e. The standard InChI is InChI=1S/C8H5FN2O2/c1-13-8(12)3-2-7-10-4-6(9)5-11-7/h4-5H,1H3. The van der Waals surface area contributed by atoms with Crippen LogP contribution in [0.5, 0.6) is 0 Å². The molecule has 13 heavy (non-hydrogen) atoms. The van der Waals surface area contributed by atoms with Gasteiger partial charge in [-0.2, -0.15) is 0 Å². The second-order valence-electron chi connectivity index (χ2n) is 1.97. The largest absolute Gasteiger partial charge is 0.459 e. The molecule has 0 radical (unpaired) electrons. The number of carbonyl (C=O) groups is 1. The molecule has 4 nitrogen and oxygen atoms in total. The molecule has 0 aromatic carbocycles. The fourth-order valence-electron chi connectivity index (χ4n) is 0.535. The molecule has 0 amide bonds. The first-order chi connectivity index (χ1) is 6.22. The topological polar surface area (TPSA) is 52.1 Å². The van der Waals surface area contributed by atoms with E-state index in [1.54, 1.807) is 0 Å². The first-order valence-electron chi connectivity index (χ1n) is 3.30. The van der Waals surface area contributed by atoms with Crippen molar-refractivity contribution in [1.82, 2.24) is 9.97 Å². The molecule has 0 N–H and O–H groups in total. The number of rotatable bonds is 0. The molecule has 0 spiro atoms. The third kappa shape index (κ3) is 2.87. The lowest BCUT2D eigenvalue weighted by atomic mass is 10.5. The Bertz CT molecular complexity index is 364. The molecule has 0 unspecified atom stereocenters. The Balaban J connectivity index is 2.78. The molecule has 66 valence electrons. The van der Waals surface area contributed by atoms with Gasteiger partial charge in [0.1, 0.15) is 0 Å². The molecule has 0 aliphatic carbocycles. The Labute approximate surface area is 73.8 Å². The summed E-state index contributed by atoms with van der Waals surface area (Å²) in [5, 5.41) is 0. The van der Waals surface area contributed by atoms with Gasteiger partial charge >= 0.3 is 5.97 Å². The summed E-state index contributed by atoms with van der Waals surface area (Å²) >= 11 is 0. The van der Waals surface area contributed by atoms with Crippen molar-refractivity contribution in [3.8, 4) is 11.8 Å². The van der Waals surface area contributed by atoms with Crippen molar-refractivity contribution in [3.63, 3.8) is 0 Å². The zero-order chi connectivity index (χ0) is 9.68. The van der Waals surface area contributed by atoms with Gasteiger partial charge in [-0.1, -0.05) is 0 Å². The number of halogens is 1. The van der Waals surface area contributed by atoms with Gasteiger partial charge in [-0.05, 0) is 5.92 Å². The minimum absolute atomic E-state index is 0.0757. The van der Waals surface area contributed by atoms with Crippen molar-refractivity contribution in [3.05, 3.63) is 24.0 Å². The second kappa shape index (κ2) is 4.16. The minimum atomic E-state index is -0.687. The fourth-order valence-corrected chi connectivity index (χ4v) is 0.535. The van der Waals surface area contributed by atoms with Crippen molar-refractivity contribution < 1.29 is 13.9 Å². The Morgan fingerprint density at radius 1 is 1.54 bits per heavy atom. The highest BCUT2D eigenvalue weighted by Gasteiger charge is 1.93. The average molecular weight is 180 g/mol. The molecular formula is C8H5FN2O2. The van der Waals surface area contributed by atoms with Crippen LogP contribution in [-0.4, -0.2) is 23.0 Å². The molecule has 0 saturated carbocycles. The van der Waals surface area contributed by atoms with Crippen molar-refractivity contribution >= 4 is 5.97 Å². The summed E-state index contributed by atoms with van der Waals surface area (Å²) in [7, 11) is 1.21. The van der Waals surface area contributed by atoms with Crippen LogP contribution < -0.4 is 0 Å². The van der Waals surface area contributed by atoms with Gasteiger partial charge in [-0.25, -0.2) is 19.2 Å². The third-order valence-corrected chi connectivity index (χ3v) is 1.08. The zero-order valence-electron chi connectivity index (χ0n) is 6.74. The van der Waals surface area contributed by atoms with Crippen LogP contribution in [0, 0.1) is 17.7 Å². The van der Waals surface area contributed by atoms with Gasteiger partial charge in [0.15, 0.2) is 5.82 Å². The minimum Gasteiger partial charge on any atom is -0.459 e. The summed E-state index contributed by atoms with van der Waals surface area (Å²) in [5.74, 6) is 3.26. The van der Waals surface area contributed by atoms with Crippen LogP contribution in [0.15, 0.2) is 12.4 Å². The molecule has 1 heterocycles. The van der Waals surface area contributed by atoms with Crippen LogP contribution in [0.3, 0.4) is 0 Å². The Hall–Kier alpha value is -1.96. The number of esters is 1. The molecule has 1 aromatic rings. The van der Waals surface area contributed by atoms with Gasteiger partial charge in [0.05, 0.1) is 19.5 Å². The van der Waals surface area contributed by atoms with E-state index in [1.165, 1.54) is 7.11 Å². The quantitative estimate of drug-likeness (QED) is 0.421. The lowest BCUT2D eigenvalue weighted by molar-refractivity contribution is -0.133. The summed E-state index contributed by atoms with van der Waals surface area (Å²) < 4.78 is 16.5. The van der Waals surface area contributed by atoms with E-state index in [0.29, 0.717) is 0 Å². The van der Waals surface area contributed by atoms with Gasteiger partial charge < -0.3 is 4.74 Å². The maximum Gasteiger partial charge on any atom is 0.384 e. The Morgan fingerprint density at radius 2 is 2.15 bits per heavy atom. The predicted octanol–water partition coefficient (Wildman–Crippen LogP) is 0.140. The fraction of sp³-hybridized carbons (Fsp3) is 0.125. The number of aromatic nitrogens is 2. The highest BCUT2D eigenvalue weighted by molar-refractivity contribution is 5.88. The van der Waals surface area contributed by atoms with Crippen molar-refractivity contribution in [1.29, 1.82) is 0 Å². The molecule has 5 heteroatoms. The number of nitrogens with zero attached hydrogens (tertiary/aromatic N) is 2. The molecule has 0 aliphatic rings. The normalized spacial score (nSPS) is 8.46. The van der Waals surface area contributed by atoms with Crippen LogP contribution in [0.2, 0.25) is 0 Å². The van der Waals surface area contributed by atoms with Crippen molar-refractivity contribution in [2.45, 2.75) is 0 Å². The van der Waals surface area contributed by atoms with E-state index in [4.69, 9.17) is 0 Å². The maximum absolute atomic E-state index is 12.3. The Kier molecular flexibility index (Phi) is 2.92. The van der Waals surface area contributed by atoms with Gasteiger partial charge in [-0.15, -0.1) is 0 Å². The van der Waals surface area contributed by atoms with Crippen molar-refractivity contribution in [2.75, 3.05) is 7.11 Å². The van der Waals surface area contributed by atoms with Crippen LogP contribution in [0.4, 0.5) is 4.39 Å². The van der Waals surface area contributed by atoms with Gasteiger partial charge in [0.25, 0.3) is 0 Å². The zero-order valence-corrected chi connectivity index (χ0v) is 6.74. The number of carbonyl (C=O) groups excluding carboxylic acids is 1. The molecule has 0 atom stereocenters. The number of ether oxygens (including phenoxy) is 1. The van der Waals surface area contributed by atoms with E-state index in [1.807, 2.05) is 0 Å². The SMILES string of the molecule is COC(=O)C#Cc1ncc(F)cn1. The highest BCUT2D eigenvalue weighted by Crippen LogP contribution is 1.90. The van der Waals surface area contributed by atoms with Gasteiger partial charge in [0.2, 0.25) is 5.82 Å². The lowest BCUT2D eigenvalue weighted by Gasteiger charge is -1.87. The van der Waals surface area contributed by atoms with E-state index >= 15 is 0 Å². The molecule has 0 aliphatic heterocycles. The number of hydrogen-bond donors (Lipinski definition) is 0. The van der Waals surface area contributed by atoms with Crippen molar-refractivity contribution in [2.24, 2.45) is 0 Å². The number of methoxy groups -OCH3 is 1. The van der Waals surface area contributed by atoms with Gasteiger partial charge in [-0.3, -0.25) is 0 Å². The van der Waals surface area contributed by atoms with Crippen LogP contribution in [0.25, 0.3) is 0 Å². The summed E-state index contributed by atoms with van der Waals surface area (Å²) in [5.41, 5.74) is 0. The predicted molar refractivity (Wildman–Crippen MR) is 40.9 cm³/mol. The lowest BCUT2D eigenvalue weighted by Crippen LogP contribution is -1.96. The van der Waals surface area contributed by atoms with Crippen LogP contribution >= 0.6 is 0 Å². The molecule has 0 saturated heterocycles. The van der Waals surface area contributed by atoms with E-state index in [0.717, 1.165) is 12.4 Å². The average Bonchev–Trinajstić information content (AvgIpc) is 2.16. The summed E-state index contributed by atoms with van der Waals surface area (Å²) in [6, 6.07) is 0. The first kappa shape index (κ1) is 9.13. The highest BCUT2D eigenvalue weighted by atomic mass is 19.1. The van der Waals surface area contributed by atoms with Crippen LogP contribution in [0.1, 0.15) is 5.82 Å². The van der Waals surface area contributed by atoms with Gasteiger partial charge in [0, 0.05) is 5.92 Å². The molecule has 1 aromatic heterocycles. The van der Waals surface area contributed by atoms with Crippen LogP contribution in [-0.2, 0) is 9.53 Å². The summed E-state index contributed by atoms with van der Waals surface area (Å²) in [4.78, 5) is 17.6. The van der Waals surface area contributed by atoms with E-state index in [2.05, 4.69) is 26.5 Å². The monoisotopic (exact) mass is 180 g/mol. The summed E-state index contributed by atoms with van der Waals surface area (Å²) in [6.45, 7) is 0. The molecular weight excluding hydrogens is 175 g/mol. The second-order valence-corrected chi connectivity index (χ2v) is 1.97. The Morgan fingerprint density at radius 3 is 2.69 bits per heavy atom. The van der Waals surface area contributed by atoms with E-state index in [-0.39, 0.29) is 5.82 Å². The van der Waals surface area contributed by atoms with E-state index < -0.39 is 11.8 Å². The first-order valence-corrected chi connectivity index (χ1v) is 3.30. The molecule has 1 rings (SSSR count). The molecule has 0 fully saturated rings. The molecule has 0 bridgehead atoms.